The third-order valence-electron chi connectivity index (χ3n) is 10.4. The number of anilines is 4. The molecular weight excluding hydrogens is 600 g/mol. The summed E-state index contributed by atoms with van der Waals surface area (Å²) < 4.78 is 5.65. The fraction of sp³-hybridized carbons (Fsp3) is 0.618. The van der Waals surface area contributed by atoms with Gasteiger partial charge in [0.2, 0.25) is 11.9 Å². The Labute approximate surface area is 276 Å². The molecule has 2 amide bonds. The molecule has 3 heterocycles. The van der Waals surface area contributed by atoms with E-state index in [0.29, 0.717) is 60.7 Å². The van der Waals surface area contributed by atoms with E-state index in [2.05, 4.69) is 30.3 Å². The molecule has 254 valence electrons. The number of likely N-dealkylation sites (N-methyl/N-ethyl adjacent to an activating group) is 1. The lowest BCUT2D eigenvalue weighted by atomic mass is 10.0. The van der Waals surface area contributed by atoms with Gasteiger partial charge in [0.25, 0.3) is 5.91 Å². The maximum absolute atomic E-state index is 13.2. The van der Waals surface area contributed by atoms with E-state index in [4.69, 9.17) is 9.72 Å². The quantitative estimate of drug-likeness (QED) is 0.330. The number of piperazine rings is 1. The molecule has 4 aliphatic rings. The molecule has 3 fully saturated rings. The highest BCUT2D eigenvalue weighted by Gasteiger charge is 2.41. The van der Waals surface area contributed by atoms with Gasteiger partial charge in [-0.05, 0) is 50.3 Å². The molecule has 2 atom stereocenters. The summed E-state index contributed by atoms with van der Waals surface area (Å²) >= 11 is 0. The molecule has 1 aromatic carbocycles. The number of methoxy groups -OCH3 is 1. The maximum Gasteiger partial charge on any atom is 0.322 e. The number of aliphatic carboxylic acids is 1. The third kappa shape index (κ3) is 6.87. The molecule has 13 heteroatoms. The second-order valence-electron chi connectivity index (χ2n) is 13.2. The van der Waals surface area contributed by atoms with Gasteiger partial charge in [0.05, 0.1) is 19.0 Å². The number of hydrogen-bond donors (Lipinski definition) is 3. The molecule has 0 bridgehead atoms. The number of aromatic nitrogens is 2. The van der Waals surface area contributed by atoms with Crippen LogP contribution in [0.4, 0.5) is 23.1 Å². The first kappa shape index (κ1) is 33.0. The van der Waals surface area contributed by atoms with E-state index in [1.165, 1.54) is 12.8 Å². The van der Waals surface area contributed by atoms with Crippen LogP contribution < -0.4 is 25.2 Å². The Morgan fingerprint density at radius 2 is 1.79 bits per heavy atom. The van der Waals surface area contributed by atoms with Crippen molar-refractivity contribution >= 4 is 40.9 Å². The van der Waals surface area contributed by atoms with Gasteiger partial charge in [0, 0.05) is 57.4 Å². The highest BCUT2D eigenvalue weighted by Crippen LogP contribution is 2.40. The number of benzene rings is 1. The first-order valence-electron chi connectivity index (χ1n) is 17.2. The van der Waals surface area contributed by atoms with Gasteiger partial charge in [-0.1, -0.05) is 32.6 Å². The van der Waals surface area contributed by atoms with Gasteiger partial charge >= 0.3 is 5.97 Å². The molecule has 2 saturated carbocycles. The molecule has 2 aliphatic heterocycles. The van der Waals surface area contributed by atoms with Crippen molar-refractivity contribution in [2.45, 2.75) is 88.9 Å². The molecule has 3 N–H and O–H groups in total. The molecule has 0 spiro atoms. The molecule has 1 saturated heterocycles. The lowest BCUT2D eigenvalue weighted by molar-refractivity contribution is -0.147. The van der Waals surface area contributed by atoms with Gasteiger partial charge in [0.1, 0.15) is 23.5 Å². The normalized spacial score (nSPS) is 22.8. The van der Waals surface area contributed by atoms with Gasteiger partial charge in [0.15, 0.2) is 5.82 Å². The molecule has 2 aliphatic carbocycles. The minimum atomic E-state index is -0.772. The van der Waals surface area contributed by atoms with Crippen LogP contribution in [0.1, 0.15) is 75.1 Å². The van der Waals surface area contributed by atoms with Crippen molar-refractivity contribution in [3.05, 3.63) is 30.0 Å². The summed E-state index contributed by atoms with van der Waals surface area (Å²) in [6.07, 6.45) is 11.3. The van der Waals surface area contributed by atoms with Crippen molar-refractivity contribution in [3.63, 3.8) is 0 Å². The zero-order chi connectivity index (χ0) is 33.1. The zero-order valence-electron chi connectivity index (χ0n) is 27.8. The number of nitrogens with one attached hydrogen (secondary N) is 2. The first-order chi connectivity index (χ1) is 22.8. The Morgan fingerprint density at radius 3 is 2.47 bits per heavy atom. The lowest BCUT2D eigenvalue weighted by Gasteiger charge is -2.43. The van der Waals surface area contributed by atoms with Crippen LogP contribution in [0.5, 0.6) is 5.75 Å². The molecular formula is C34H48N8O5. The number of fused-ring (bicyclic) bond motifs is 1. The Bertz CT molecular complexity index is 1460. The van der Waals surface area contributed by atoms with Crippen LogP contribution in [0.15, 0.2) is 24.4 Å². The number of carboxylic acid groups (broad SMARTS) is 1. The van der Waals surface area contributed by atoms with E-state index in [-0.39, 0.29) is 23.9 Å². The van der Waals surface area contributed by atoms with Crippen LogP contribution in [0.2, 0.25) is 0 Å². The van der Waals surface area contributed by atoms with Crippen LogP contribution in [-0.2, 0) is 9.59 Å². The van der Waals surface area contributed by atoms with Gasteiger partial charge in [-0.15, -0.1) is 0 Å². The van der Waals surface area contributed by atoms with Crippen LogP contribution in [0.3, 0.4) is 0 Å². The van der Waals surface area contributed by atoms with E-state index >= 15 is 0 Å². The minimum absolute atomic E-state index is 0.0677. The van der Waals surface area contributed by atoms with Gasteiger partial charge in [-0.2, -0.15) is 4.98 Å². The largest absolute Gasteiger partial charge is 0.495 e. The Hall–Kier alpha value is -3.97. The standard InChI is InChI=1S/C34H48N8O5/c1-4-26-32(44)39(2)27-20-36-34(38-30(27)42(26)24-11-7-8-12-24)37-25-14-13-22(19-29(25)47-3)31(43)35-15-16-40-17-18-41(23-9-5-6-10-23)28(21-40)33(45)46/h13-14,19-20,23-24,26,28H,4-12,15-18,21H2,1-3H3,(H,35,43)(H,45,46)(H,36,37,38)/t26-,28?/m1/s1. The topological polar surface area (TPSA) is 143 Å². The fourth-order valence-corrected chi connectivity index (χ4v) is 7.88. The maximum atomic E-state index is 13.2. The Morgan fingerprint density at radius 1 is 1.06 bits per heavy atom. The van der Waals surface area contributed by atoms with Crippen molar-refractivity contribution in [1.82, 2.24) is 25.1 Å². The number of ether oxygens (including phenoxy) is 1. The zero-order valence-corrected chi connectivity index (χ0v) is 27.8. The molecule has 1 unspecified atom stereocenters. The lowest BCUT2D eigenvalue weighted by Crippen LogP contribution is -2.59. The molecule has 0 radical (unpaired) electrons. The van der Waals surface area contributed by atoms with Crippen molar-refractivity contribution in [3.8, 4) is 5.75 Å². The van der Waals surface area contributed by atoms with E-state index in [1.807, 2.05) is 6.92 Å². The van der Waals surface area contributed by atoms with E-state index in [0.717, 1.165) is 57.4 Å². The summed E-state index contributed by atoms with van der Waals surface area (Å²) in [5, 5.41) is 16.1. The highest BCUT2D eigenvalue weighted by molar-refractivity contribution is 6.04. The summed E-state index contributed by atoms with van der Waals surface area (Å²) in [5.74, 6) is 0.673. The van der Waals surface area contributed by atoms with Crippen molar-refractivity contribution in [1.29, 1.82) is 0 Å². The average Bonchev–Trinajstić information content (AvgIpc) is 3.82. The number of amides is 2. The summed E-state index contributed by atoms with van der Waals surface area (Å²) in [7, 11) is 3.33. The smallest absolute Gasteiger partial charge is 0.322 e. The number of rotatable bonds is 11. The summed E-state index contributed by atoms with van der Waals surface area (Å²) in [6.45, 7) is 5.02. The highest BCUT2D eigenvalue weighted by atomic mass is 16.5. The predicted molar refractivity (Wildman–Crippen MR) is 180 cm³/mol. The molecule has 1 aromatic heterocycles. The predicted octanol–water partition coefficient (Wildman–Crippen LogP) is 3.48. The SMILES string of the molecule is CC[C@@H]1C(=O)N(C)c2cnc(Nc3ccc(C(=O)NCCN4CCN(C5CCCC5)C(C(=O)O)C4)cc3OC)nc2N1C1CCCC1. The summed E-state index contributed by atoms with van der Waals surface area (Å²) in [6, 6.07) is 5.06. The van der Waals surface area contributed by atoms with Crippen molar-refractivity contribution < 1.29 is 24.2 Å². The number of hydrogen-bond acceptors (Lipinski definition) is 10. The van der Waals surface area contributed by atoms with E-state index in [1.54, 1.807) is 43.5 Å². The van der Waals surface area contributed by atoms with Gasteiger partial charge in [-0.25, -0.2) is 4.98 Å². The second kappa shape index (κ2) is 14.4. The van der Waals surface area contributed by atoms with Crippen LogP contribution in [-0.4, -0.2) is 114 Å². The Kier molecular flexibility index (Phi) is 10.1. The number of carboxylic acids is 1. The van der Waals surface area contributed by atoms with Gasteiger partial charge < -0.3 is 30.3 Å². The van der Waals surface area contributed by atoms with Crippen LogP contribution >= 0.6 is 0 Å². The number of carbonyl (C=O) groups excluding carboxylic acids is 2. The second-order valence-corrected chi connectivity index (χ2v) is 13.2. The third-order valence-corrected chi connectivity index (χ3v) is 10.4. The molecule has 13 nitrogen and oxygen atoms in total. The van der Waals surface area contributed by atoms with Crippen molar-refractivity contribution in [2.24, 2.45) is 0 Å². The summed E-state index contributed by atoms with van der Waals surface area (Å²) in [5.41, 5.74) is 1.76. The fourth-order valence-electron chi connectivity index (χ4n) is 7.88. The molecule has 6 rings (SSSR count). The molecule has 2 aromatic rings. The van der Waals surface area contributed by atoms with Crippen LogP contribution in [0, 0.1) is 0 Å². The molecule has 47 heavy (non-hydrogen) atoms. The monoisotopic (exact) mass is 648 g/mol. The van der Waals surface area contributed by atoms with E-state index < -0.39 is 12.0 Å². The number of carbonyl (C=O) groups is 3. The van der Waals surface area contributed by atoms with E-state index in [9.17, 15) is 19.5 Å². The Balaban J connectivity index is 1.09. The summed E-state index contributed by atoms with van der Waals surface area (Å²) in [4.78, 5) is 55.9. The first-order valence-corrected chi connectivity index (χ1v) is 17.2. The minimum Gasteiger partial charge on any atom is -0.495 e. The number of nitrogens with zero attached hydrogens (tertiary/aromatic N) is 6. The average molecular weight is 649 g/mol. The van der Waals surface area contributed by atoms with Crippen molar-refractivity contribution in [2.75, 3.05) is 62.0 Å². The van der Waals surface area contributed by atoms with Gasteiger partial charge in [-0.3, -0.25) is 24.2 Å². The van der Waals surface area contributed by atoms with Crippen LogP contribution in [0.25, 0.3) is 0 Å².